The van der Waals surface area contributed by atoms with E-state index in [-0.39, 0.29) is 0 Å². The predicted molar refractivity (Wildman–Crippen MR) is 56.0 cm³/mol. The van der Waals surface area contributed by atoms with Crippen molar-refractivity contribution in [3.8, 4) is 0 Å². The summed E-state index contributed by atoms with van der Waals surface area (Å²) in [6, 6.07) is 5.95. The van der Waals surface area contributed by atoms with Crippen LogP contribution in [0.2, 0.25) is 5.02 Å². The fourth-order valence-corrected chi connectivity index (χ4v) is 2.42. The molecule has 0 saturated heterocycles. The lowest BCUT2D eigenvalue weighted by molar-refractivity contribution is 1.65. The number of hydrogen-bond donors (Lipinski definition) is 1. The van der Waals surface area contributed by atoms with E-state index in [1.165, 1.54) is 10.3 Å². The summed E-state index contributed by atoms with van der Waals surface area (Å²) >= 11 is 7.56. The lowest BCUT2D eigenvalue weighted by atomic mass is 10.2. The molecule has 0 atom stereocenters. The van der Waals surface area contributed by atoms with Gasteiger partial charge in [-0.05, 0) is 24.4 Å². The Morgan fingerprint density at radius 3 is 2.92 bits per heavy atom. The number of aryl methyl sites for hydroxylation is 1. The summed E-state index contributed by atoms with van der Waals surface area (Å²) < 4.78 is 1.10. The van der Waals surface area contributed by atoms with Crippen molar-refractivity contribution in [3.05, 3.63) is 28.1 Å². The Balaban J connectivity index is 2.89. The molecule has 0 spiro atoms. The molecule has 0 amide bonds. The zero-order valence-corrected chi connectivity index (χ0v) is 8.17. The van der Waals surface area contributed by atoms with Crippen LogP contribution in [0.4, 0.5) is 5.69 Å². The average Bonchev–Trinajstić information content (AvgIpc) is 2.39. The summed E-state index contributed by atoms with van der Waals surface area (Å²) in [5, 5.41) is 1.82. The second-order valence-corrected chi connectivity index (χ2v) is 4.40. The van der Waals surface area contributed by atoms with Crippen LogP contribution in [0.25, 0.3) is 10.1 Å². The second kappa shape index (κ2) is 2.64. The molecular weight excluding hydrogens is 190 g/mol. The lowest BCUT2D eigenvalue weighted by Crippen LogP contribution is -1.84. The lowest BCUT2D eigenvalue weighted by Gasteiger charge is -1.97. The highest BCUT2D eigenvalue weighted by molar-refractivity contribution is 7.19. The third kappa shape index (κ3) is 1.08. The summed E-state index contributed by atoms with van der Waals surface area (Å²) in [6.07, 6.45) is 0. The molecule has 0 aliphatic carbocycles. The number of nitrogens with two attached hydrogens (primary N) is 1. The van der Waals surface area contributed by atoms with Gasteiger partial charge in [-0.1, -0.05) is 17.7 Å². The molecule has 2 N–H and O–H groups in total. The van der Waals surface area contributed by atoms with Gasteiger partial charge in [-0.2, -0.15) is 0 Å². The minimum atomic E-state index is 0.643. The van der Waals surface area contributed by atoms with Crippen molar-refractivity contribution >= 4 is 38.7 Å². The van der Waals surface area contributed by atoms with Crippen molar-refractivity contribution < 1.29 is 0 Å². The molecule has 0 radical (unpaired) electrons. The van der Waals surface area contributed by atoms with Crippen LogP contribution in [0.5, 0.6) is 0 Å². The van der Waals surface area contributed by atoms with Crippen molar-refractivity contribution in [2.45, 2.75) is 6.92 Å². The van der Waals surface area contributed by atoms with Gasteiger partial charge in [0.25, 0.3) is 0 Å². The highest BCUT2D eigenvalue weighted by Gasteiger charge is 2.04. The first-order valence-corrected chi connectivity index (χ1v) is 4.82. The van der Waals surface area contributed by atoms with Gasteiger partial charge in [0.05, 0.1) is 15.4 Å². The summed E-state index contributed by atoms with van der Waals surface area (Å²) in [5.74, 6) is 0. The second-order valence-electron chi connectivity index (χ2n) is 2.74. The average molecular weight is 198 g/mol. The molecule has 0 bridgehead atoms. The number of anilines is 1. The van der Waals surface area contributed by atoms with Gasteiger partial charge in [-0.15, -0.1) is 11.3 Å². The number of thiophene rings is 1. The van der Waals surface area contributed by atoms with Crippen molar-refractivity contribution in [1.29, 1.82) is 0 Å². The first-order chi connectivity index (χ1) is 5.68. The number of fused-ring (bicyclic) bond motifs is 1. The minimum Gasteiger partial charge on any atom is -0.396 e. The van der Waals surface area contributed by atoms with Gasteiger partial charge in [0, 0.05) is 4.88 Å². The minimum absolute atomic E-state index is 0.643. The van der Waals surface area contributed by atoms with Crippen LogP contribution in [0.3, 0.4) is 0 Å². The van der Waals surface area contributed by atoms with Crippen molar-refractivity contribution in [2.75, 3.05) is 5.73 Å². The monoisotopic (exact) mass is 197 g/mol. The molecule has 2 rings (SSSR count). The SMILES string of the molecule is Cc1cc2ccc(Cl)c(N)c2s1. The fraction of sp³-hybridized carbons (Fsp3) is 0.111. The van der Waals surface area contributed by atoms with Crippen LogP contribution in [0, 0.1) is 6.92 Å². The maximum absolute atomic E-state index is 5.88. The van der Waals surface area contributed by atoms with Crippen LogP contribution in [0.15, 0.2) is 18.2 Å². The maximum atomic E-state index is 5.88. The molecule has 12 heavy (non-hydrogen) atoms. The zero-order chi connectivity index (χ0) is 8.72. The summed E-state index contributed by atoms with van der Waals surface area (Å²) in [7, 11) is 0. The molecule has 0 saturated carbocycles. The van der Waals surface area contributed by atoms with Crippen molar-refractivity contribution in [3.63, 3.8) is 0 Å². The van der Waals surface area contributed by atoms with E-state index in [0.717, 1.165) is 4.70 Å². The Morgan fingerprint density at radius 2 is 2.17 bits per heavy atom. The maximum Gasteiger partial charge on any atom is 0.0684 e. The highest BCUT2D eigenvalue weighted by atomic mass is 35.5. The quantitative estimate of drug-likeness (QED) is 0.644. The first kappa shape index (κ1) is 7.90. The van der Waals surface area contributed by atoms with E-state index in [1.54, 1.807) is 11.3 Å². The molecule has 1 aromatic heterocycles. The predicted octanol–water partition coefficient (Wildman–Crippen LogP) is 3.45. The smallest absolute Gasteiger partial charge is 0.0684 e. The third-order valence-corrected chi connectivity index (χ3v) is 3.22. The van der Waals surface area contributed by atoms with Gasteiger partial charge < -0.3 is 5.73 Å². The number of rotatable bonds is 0. The summed E-state index contributed by atoms with van der Waals surface area (Å²) in [5.41, 5.74) is 6.51. The molecule has 3 heteroatoms. The topological polar surface area (TPSA) is 26.0 Å². The molecule has 0 fully saturated rings. The standard InChI is InChI=1S/C9H8ClNS/c1-5-4-6-2-3-7(10)8(11)9(6)12-5/h2-4H,11H2,1H3. The van der Waals surface area contributed by atoms with Gasteiger partial charge in [0.2, 0.25) is 0 Å². The van der Waals surface area contributed by atoms with E-state index >= 15 is 0 Å². The van der Waals surface area contributed by atoms with Crippen molar-refractivity contribution in [1.82, 2.24) is 0 Å². The van der Waals surface area contributed by atoms with Crippen LogP contribution in [-0.4, -0.2) is 0 Å². The van der Waals surface area contributed by atoms with Gasteiger partial charge in [0.15, 0.2) is 0 Å². The third-order valence-electron chi connectivity index (χ3n) is 1.80. The van der Waals surface area contributed by atoms with Gasteiger partial charge >= 0.3 is 0 Å². The molecular formula is C9H8ClNS. The Bertz CT molecular complexity index is 433. The van der Waals surface area contributed by atoms with Crippen LogP contribution in [-0.2, 0) is 0 Å². The van der Waals surface area contributed by atoms with Crippen LogP contribution >= 0.6 is 22.9 Å². The molecule has 1 nitrogen and oxygen atoms in total. The molecule has 0 aliphatic rings. The van der Waals surface area contributed by atoms with Crippen molar-refractivity contribution in [2.24, 2.45) is 0 Å². The van der Waals surface area contributed by atoms with Gasteiger partial charge in [0.1, 0.15) is 0 Å². The van der Waals surface area contributed by atoms with E-state index in [9.17, 15) is 0 Å². The number of hydrogen-bond acceptors (Lipinski definition) is 2. The zero-order valence-electron chi connectivity index (χ0n) is 6.60. The molecule has 1 heterocycles. The molecule has 62 valence electrons. The Labute approximate surface area is 79.8 Å². The Hall–Kier alpha value is -0.730. The molecule has 1 aromatic carbocycles. The Morgan fingerprint density at radius 1 is 1.42 bits per heavy atom. The highest BCUT2D eigenvalue weighted by Crippen LogP contribution is 2.34. The molecule has 0 unspecified atom stereocenters. The molecule has 2 aromatic rings. The van der Waals surface area contributed by atoms with E-state index in [0.29, 0.717) is 10.7 Å². The van der Waals surface area contributed by atoms with E-state index < -0.39 is 0 Å². The number of nitrogen functional groups attached to an aromatic ring is 1. The number of halogens is 1. The fourth-order valence-electron chi connectivity index (χ4n) is 1.23. The van der Waals surface area contributed by atoms with Gasteiger partial charge in [-0.3, -0.25) is 0 Å². The largest absolute Gasteiger partial charge is 0.396 e. The first-order valence-electron chi connectivity index (χ1n) is 3.62. The van der Waals surface area contributed by atoms with E-state index in [4.69, 9.17) is 17.3 Å². The van der Waals surface area contributed by atoms with E-state index in [2.05, 4.69) is 13.0 Å². The summed E-state index contributed by atoms with van der Waals surface area (Å²) in [4.78, 5) is 1.26. The van der Waals surface area contributed by atoms with E-state index in [1.807, 2.05) is 12.1 Å². The normalized spacial score (nSPS) is 10.8. The number of benzene rings is 1. The van der Waals surface area contributed by atoms with Crippen LogP contribution < -0.4 is 5.73 Å². The Kier molecular flexibility index (Phi) is 1.74. The van der Waals surface area contributed by atoms with Gasteiger partial charge in [-0.25, -0.2) is 0 Å². The summed E-state index contributed by atoms with van der Waals surface area (Å²) in [6.45, 7) is 2.07. The van der Waals surface area contributed by atoms with Crippen LogP contribution in [0.1, 0.15) is 4.88 Å². The molecule has 0 aliphatic heterocycles.